The largest absolute Gasteiger partial charge is 0.573 e. The Morgan fingerprint density at radius 3 is 2.61 bits per heavy atom. The highest BCUT2D eigenvalue weighted by Gasteiger charge is 2.32. The maximum atomic E-state index is 13.2. The summed E-state index contributed by atoms with van der Waals surface area (Å²) in [5.41, 5.74) is 2.60. The number of benzene rings is 2. The van der Waals surface area contributed by atoms with Crippen LogP contribution in [0, 0.1) is 12.8 Å². The van der Waals surface area contributed by atoms with Crippen LogP contribution in [0.5, 0.6) is 5.75 Å². The summed E-state index contributed by atoms with van der Waals surface area (Å²) in [6, 6.07) is 5.73. The second-order valence-electron chi connectivity index (χ2n) is 8.94. The fourth-order valence-electron chi connectivity index (χ4n) is 4.78. The van der Waals surface area contributed by atoms with Gasteiger partial charge in [-0.05, 0) is 54.7 Å². The van der Waals surface area contributed by atoms with Crippen LogP contribution in [0.25, 0.3) is 10.9 Å². The molecule has 11 heteroatoms. The zero-order chi connectivity index (χ0) is 26.4. The van der Waals surface area contributed by atoms with Gasteiger partial charge in [-0.1, -0.05) is 23.2 Å². The van der Waals surface area contributed by atoms with Crippen LogP contribution in [0.3, 0.4) is 0 Å². The van der Waals surface area contributed by atoms with Crippen molar-refractivity contribution in [1.29, 1.82) is 0 Å². The highest BCUT2D eigenvalue weighted by Crippen LogP contribution is 2.36. The fourth-order valence-corrected chi connectivity index (χ4v) is 5.36. The van der Waals surface area contributed by atoms with E-state index in [2.05, 4.69) is 4.74 Å². The van der Waals surface area contributed by atoms with E-state index in [-0.39, 0.29) is 35.2 Å². The van der Waals surface area contributed by atoms with Crippen molar-refractivity contribution in [3.8, 4) is 5.75 Å². The molecule has 0 bridgehead atoms. The van der Waals surface area contributed by atoms with Crippen molar-refractivity contribution in [3.05, 3.63) is 62.8 Å². The summed E-state index contributed by atoms with van der Waals surface area (Å²) in [7, 11) is 1.71. The van der Waals surface area contributed by atoms with Crippen LogP contribution >= 0.6 is 23.2 Å². The zero-order valence-corrected chi connectivity index (χ0v) is 21.0. The van der Waals surface area contributed by atoms with Crippen molar-refractivity contribution in [2.45, 2.75) is 32.5 Å². The Kier molecular flexibility index (Phi) is 7.16. The molecule has 1 atom stereocenters. The van der Waals surface area contributed by atoms with E-state index in [1.165, 1.54) is 23.1 Å². The summed E-state index contributed by atoms with van der Waals surface area (Å²) in [5.74, 6) is -2.25. The molecule has 6 nitrogen and oxygen atoms in total. The Bertz CT molecular complexity index is 1350. The van der Waals surface area contributed by atoms with E-state index in [0.29, 0.717) is 41.1 Å². The second kappa shape index (κ2) is 9.86. The first-order chi connectivity index (χ1) is 16.9. The molecular formula is C25H23Cl2F3N2O4. The number of carboxylic acids is 1. The molecule has 192 valence electrons. The number of aliphatic carboxylic acids is 1. The molecule has 0 spiro atoms. The monoisotopic (exact) mass is 542 g/mol. The van der Waals surface area contributed by atoms with E-state index < -0.39 is 18.2 Å². The summed E-state index contributed by atoms with van der Waals surface area (Å²) in [4.78, 5) is 26.1. The number of piperidine rings is 1. The van der Waals surface area contributed by atoms with Gasteiger partial charge in [-0.2, -0.15) is 0 Å². The van der Waals surface area contributed by atoms with E-state index in [4.69, 9.17) is 23.2 Å². The van der Waals surface area contributed by atoms with Crippen LogP contribution in [0.1, 0.15) is 39.9 Å². The number of carbonyl (C=O) groups is 2. The number of carbonyl (C=O) groups excluding carboxylic acids is 1. The Labute approximate surface area is 215 Å². The molecule has 0 saturated carbocycles. The topological polar surface area (TPSA) is 71.8 Å². The number of rotatable bonds is 5. The van der Waals surface area contributed by atoms with Gasteiger partial charge in [0.2, 0.25) is 0 Å². The number of aromatic nitrogens is 1. The number of halogens is 5. The van der Waals surface area contributed by atoms with Crippen molar-refractivity contribution >= 4 is 46.0 Å². The van der Waals surface area contributed by atoms with Gasteiger partial charge in [0.25, 0.3) is 5.91 Å². The van der Waals surface area contributed by atoms with Crippen LogP contribution in [0.4, 0.5) is 13.2 Å². The zero-order valence-electron chi connectivity index (χ0n) is 19.5. The number of hydrogen-bond donors (Lipinski definition) is 1. The molecule has 2 aromatic carbocycles. The molecule has 2 heterocycles. The predicted octanol–water partition coefficient (Wildman–Crippen LogP) is 6.22. The van der Waals surface area contributed by atoms with Gasteiger partial charge in [-0.15, -0.1) is 13.2 Å². The number of fused-ring (bicyclic) bond motifs is 1. The van der Waals surface area contributed by atoms with Gasteiger partial charge < -0.3 is 19.3 Å². The second-order valence-corrected chi connectivity index (χ2v) is 9.73. The number of amides is 1. The van der Waals surface area contributed by atoms with E-state index in [0.717, 1.165) is 10.9 Å². The molecule has 3 aromatic rings. The van der Waals surface area contributed by atoms with Gasteiger partial charge in [0, 0.05) is 49.2 Å². The third kappa shape index (κ3) is 5.27. The van der Waals surface area contributed by atoms with Crippen LogP contribution in [0.15, 0.2) is 30.5 Å². The van der Waals surface area contributed by atoms with Gasteiger partial charge in [0.15, 0.2) is 0 Å². The highest BCUT2D eigenvalue weighted by molar-refractivity contribution is 6.38. The minimum Gasteiger partial charge on any atom is -0.481 e. The molecule has 0 radical (unpaired) electrons. The smallest absolute Gasteiger partial charge is 0.481 e. The number of likely N-dealkylation sites (tertiary alicyclic amines) is 1. The third-order valence-corrected chi connectivity index (χ3v) is 7.20. The molecule has 1 N–H and O–H groups in total. The maximum Gasteiger partial charge on any atom is 0.573 e. The fraction of sp³-hybridized carbons (Fsp3) is 0.360. The van der Waals surface area contributed by atoms with E-state index in [1.54, 1.807) is 30.8 Å². The highest BCUT2D eigenvalue weighted by atomic mass is 35.5. The summed E-state index contributed by atoms with van der Waals surface area (Å²) in [6.07, 6.45) is -1.71. The first-order valence-electron chi connectivity index (χ1n) is 11.2. The van der Waals surface area contributed by atoms with E-state index in [9.17, 15) is 27.9 Å². The molecule has 1 aromatic heterocycles. The van der Waals surface area contributed by atoms with Crippen molar-refractivity contribution in [1.82, 2.24) is 9.47 Å². The van der Waals surface area contributed by atoms with Crippen molar-refractivity contribution < 1.29 is 32.6 Å². The number of aryl methyl sites for hydroxylation is 2. The minimum absolute atomic E-state index is 0.104. The maximum absolute atomic E-state index is 13.2. The van der Waals surface area contributed by atoms with Gasteiger partial charge in [-0.25, -0.2) is 0 Å². The lowest BCUT2D eigenvalue weighted by Crippen LogP contribution is -2.42. The van der Waals surface area contributed by atoms with Gasteiger partial charge in [-0.3, -0.25) is 9.59 Å². The third-order valence-electron chi connectivity index (χ3n) is 6.41. The first kappa shape index (κ1) is 26.2. The molecule has 0 aliphatic carbocycles. The lowest BCUT2D eigenvalue weighted by Gasteiger charge is -2.31. The van der Waals surface area contributed by atoms with E-state index >= 15 is 0 Å². The first-order valence-corrected chi connectivity index (χ1v) is 11.9. The summed E-state index contributed by atoms with van der Waals surface area (Å²) >= 11 is 13.1. The van der Waals surface area contributed by atoms with Crippen molar-refractivity contribution in [2.24, 2.45) is 13.0 Å². The summed E-state index contributed by atoms with van der Waals surface area (Å²) in [6.45, 7) is 2.22. The minimum atomic E-state index is -4.80. The van der Waals surface area contributed by atoms with Crippen molar-refractivity contribution in [3.63, 3.8) is 0 Å². The Balaban J connectivity index is 1.68. The molecule has 36 heavy (non-hydrogen) atoms. The molecule has 1 saturated heterocycles. The summed E-state index contributed by atoms with van der Waals surface area (Å²) in [5, 5.41) is 10.6. The molecule has 1 unspecified atom stereocenters. The van der Waals surface area contributed by atoms with Crippen molar-refractivity contribution in [2.75, 3.05) is 13.1 Å². The van der Waals surface area contributed by atoms with Crippen LogP contribution < -0.4 is 4.74 Å². The normalized spacial score (nSPS) is 16.4. The SMILES string of the molecule is Cc1cc(OC(F)(F)F)cc2c1c(Cc1c(Cl)ccc(C(=O)N3CCCC(C(=O)O)C3)c1Cl)cn2C. The van der Waals surface area contributed by atoms with Crippen LogP contribution in [-0.4, -0.2) is 45.9 Å². The molecule has 1 aliphatic rings. The molecule has 1 amide bonds. The quantitative estimate of drug-likeness (QED) is 0.415. The lowest BCUT2D eigenvalue weighted by molar-refractivity contribution is -0.274. The Morgan fingerprint density at radius 2 is 1.94 bits per heavy atom. The average Bonchev–Trinajstić information content (AvgIpc) is 3.10. The number of hydrogen-bond acceptors (Lipinski definition) is 3. The van der Waals surface area contributed by atoms with Crippen LogP contribution in [0.2, 0.25) is 10.0 Å². The van der Waals surface area contributed by atoms with E-state index in [1.807, 2.05) is 0 Å². The number of ether oxygens (including phenoxy) is 1. The molecule has 1 fully saturated rings. The van der Waals surface area contributed by atoms with Gasteiger partial charge >= 0.3 is 12.3 Å². The Morgan fingerprint density at radius 1 is 1.22 bits per heavy atom. The van der Waals surface area contributed by atoms with Gasteiger partial charge in [0.1, 0.15) is 5.75 Å². The number of alkyl halides is 3. The average molecular weight is 543 g/mol. The Hall–Kier alpha value is -2.91. The standard InChI is InChI=1S/C25H23Cl2F3N2O4/c1-13-8-16(36-25(28,29)30)10-20-21(13)15(11-31(20)2)9-18-19(26)6-5-17(22(18)27)23(33)32-7-3-4-14(12-32)24(34)35/h5-6,8,10-11,14H,3-4,7,9,12H2,1-2H3,(H,34,35). The lowest BCUT2D eigenvalue weighted by atomic mass is 9.96. The molecule has 4 rings (SSSR count). The summed E-state index contributed by atoms with van der Waals surface area (Å²) < 4.78 is 44.0. The number of nitrogens with zero attached hydrogens (tertiary/aromatic N) is 2. The number of carboxylic acid groups (broad SMARTS) is 1. The molecular weight excluding hydrogens is 520 g/mol. The molecule has 1 aliphatic heterocycles. The van der Waals surface area contributed by atoms with Gasteiger partial charge in [0.05, 0.1) is 22.0 Å². The van der Waals surface area contributed by atoms with Crippen LogP contribution in [-0.2, 0) is 18.3 Å². The predicted molar refractivity (Wildman–Crippen MR) is 130 cm³/mol.